The highest BCUT2D eigenvalue weighted by atomic mass is 16.5. The van der Waals surface area contributed by atoms with Crippen molar-refractivity contribution < 1.29 is 24.5 Å². The molecule has 118 valence electrons. The second-order valence-corrected chi connectivity index (χ2v) is 5.94. The molecule has 2 fully saturated rings. The Hall–Kier alpha value is -1.85. The van der Waals surface area contributed by atoms with E-state index in [1.54, 1.807) is 0 Å². The van der Waals surface area contributed by atoms with Crippen molar-refractivity contribution in [3.05, 3.63) is 47.7 Å². The fraction of sp³-hybridized carbons (Fsp3) is 0.471. The summed E-state index contributed by atoms with van der Waals surface area (Å²) in [5.41, 5.74) is 1.10. The van der Waals surface area contributed by atoms with E-state index in [0.29, 0.717) is 31.8 Å². The minimum absolute atomic E-state index is 0.00610. The molecule has 1 saturated heterocycles. The molecule has 4 atom stereocenters. The standard InChI is InChI=1S/C17H20O5/c18-15-8-16-13(6-12(22-16)7-17(19)20)14(15)10-21-9-11-4-2-1-3-5-11/h1-5,7,13-16,18H,6,8-10H2,(H,19,20)/t13-,14-,15-,16?/m1/s1. The molecule has 1 heterocycles. The molecular weight excluding hydrogens is 284 g/mol. The Morgan fingerprint density at radius 1 is 1.36 bits per heavy atom. The Balaban J connectivity index is 1.56. The lowest BCUT2D eigenvalue weighted by Gasteiger charge is -2.19. The SMILES string of the molecule is O=C(O)C=C1C[C@H]2C(C[C@@H](O)[C@@H]2COCc2ccccc2)O1. The summed E-state index contributed by atoms with van der Waals surface area (Å²) in [6.45, 7) is 0.973. The van der Waals surface area contributed by atoms with Crippen molar-refractivity contribution in [1.82, 2.24) is 0 Å². The number of hydrogen-bond donors (Lipinski definition) is 2. The van der Waals surface area contributed by atoms with Crippen LogP contribution in [-0.4, -0.2) is 35.0 Å². The van der Waals surface area contributed by atoms with Gasteiger partial charge in [-0.05, 0) is 5.56 Å². The highest BCUT2D eigenvalue weighted by Gasteiger charge is 2.48. The summed E-state index contributed by atoms with van der Waals surface area (Å²) in [6, 6.07) is 9.89. The van der Waals surface area contributed by atoms with Gasteiger partial charge in [0, 0.05) is 24.7 Å². The van der Waals surface area contributed by atoms with Crippen molar-refractivity contribution in [2.75, 3.05) is 6.61 Å². The fourth-order valence-corrected chi connectivity index (χ4v) is 3.39. The molecular formula is C17H20O5. The fourth-order valence-electron chi connectivity index (χ4n) is 3.39. The number of benzene rings is 1. The van der Waals surface area contributed by atoms with Crippen LogP contribution in [0.2, 0.25) is 0 Å². The first kappa shape index (κ1) is 15.1. The Bertz CT molecular complexity index is 553. The number of carbonyl (C=O) groups is 1. The molecule has 3 rings (SSSR count). The van der Waals surface area contributed by atoms with E-state index in [9.17, 15) is 9.90 Å². The van der Waals surface area contributed by atoms with E-state index >= 15 is 0 Å². The largest absolute Gasteiger partial charge is 0.494 e. The van der Waals surface area contributed by atoms with Crippen LogP contribution < -0.4 is 0 Å². The summed E-state index contributed by atoms with van der Waals surface area (Å²) in [4.78, 5) is 10.7. The molecule has 1 aromatic carbocycles. The van der Waals surface area contributed by atoms with Gasteiger partial charge in [-0.25, -0.2) is 4.79 Å². The first-order valence-corrected chi connectivity index (χ1v) is 7.53. The van der Waals surface area contributed by atoms with Crippen LogP contribution in [0.5, 0.6) is 0 Å². The smallest absolute Gasteiger partial charge is 0.331 e. The third-order valence-corrected chi connectivity index (χ3v) is 4.44. The van der Waals surface area contributed by atoms with Crippen LogP contribution in [0.25, 0.3) is 0 Å². The average molecular weight is 304 g/mol. The van der Waals surface area contributed by atoms with E-state index in [2.05, 4.69) is 0 Å². The Labute approximate surface area is 129 Å². The molecule has 5 nitrogen and oxygen atoms in total. The molecule has 1 unspecified atom stereocenters. The zero-order valence-electron chi connectivity index (χ0n) is 12.2. The third kappa shape index (κ3) is 3.31. The molecule has 22 heavy (non-hydrogen) atoms. The van der Waals surface area contributed by atoms with E-state index in [0.717, 1.165) is 11.6 Å². The maximum atomic E-state index is 10.7. The second kappa shape index (κ2) is 6.50. The van der Waals surface area contributed by atoms with E-state index in [1.807, 2.05) is 30.3 Å². The second-order valence-electron chi connectivity index (χ2n) is 5.94. The van der Waals surface area contributed by atoms with Gasteiger partial charge in [-0.2, -0.15) is 0 Å². The number of carboxylic acid groups (broad SMARTS) is 1. The van der Waals surface area contributed by atoms with Crippen LogP contribution in [0.15, 0.2) is 42.2 Å². The zero-order chi connectivity index (χ0) is 15.5. The van der Waals surface area contributed by atoms with Gasteiger partial charge < -0.3 is 19.7 Å². The summed E-state index contributed by atoms with van der Waals surface area (Å²) < 4.78 is 11.4. The summed E-state index contributed by atoms with van der Waals surface area (Å²) >= 11 is 0. The molecule has 1 aromatic rings. The highest BCUT2D eigenvalue weighted by Crippen LogP contribution is 2.44. The van der Waals surface area contributed by atoms with E-state index in [4.69, 9.17) is 14.6 Å². The van der Waals surface area contributed by atoms with Crippen LogP contribution in [0.1, 0.15) is 18.4 Å². The number of hydrogen-bond acceptors (Lipinski definition) is 4. The quantitative estimate of drug-likeness (QED) is 0.813. The van der Waals surface area contributed by atoms with Crippen molar-refractivity contribution in [3.63, 3.8) is 0 Å². The molecule has 1 aliphatic carbocycles. The molecule has 1 saturated carbocycles. The van der Waals surface area contributed by atoms with E-state index < -0.39 is 12.1 Å². The number of rotatable bonds is 5. The number of aliphatic carboxylic acids is 1. The lowest BCUT2D eigenvalue weighted by molar-refractivity contribution is -0.131. The van der Waals surface area contributed by atoms with Crippen LogP contribution in [0, 0.1) is 11.8 Å². The maximum Gasteiger partial charge on any atom is 0.331 e. The van der Waals surface area contributed by atoms with Gasteiger partial charge in [-0.15, -0.1) is 0 Å². The van der Waals surface area contributed by atoms with Gasteiger partial charge in [0.2, 0.25) is 0 Å². The van der Waals surface area contributed by atoms with Crippen molar-refractivity contribution in [2.45, 2.75) is 31.7 Å². The first-order valence-electron chi connectivity index (χ1n) is 7.53. The topological polar surface area (TPSA) is 76.0 Å². The highest BCUT2D eigenvalue weighted by molar-refractivity contribution is 5.80. The number of fused-ring (bicyclic) bond motifs is 1. The Morgan fingerprint density at radius 2 is 2.14 bits per heavy atom. The van der Waals surface area contributed by atoms with Gasteiger partial charge in [0.05, 0.1) is 25.4 Å². The average Bonchev–Trinajstić information content (AvgIpc) is 2.97. The van der Waals surface area contributed by atoms with E-state index in [1.165, 1.54) is 0 Å². The van der Waals surface area contributed by atoms with Crippen LogP contribution >= 0.6 is 0 Å². The Morgan fingerprint density at radius 3 is 2.86 bits per heavy atom. The van der Waals surface area contributed by atoms with Crippen molar-refractivity contribution in [1.29, 1.82) is 0 Å². The minimum Gasteiger partial charge on any atom is -0.494 e. The number of allylic oxidation sites excluding steroid dienone is 1. The number of carboxylic acids is 1. The van der Waals surface area contributed by atoms with Gasteiger partial charge in [0.25, 0.3) is 0 Å². The Kier molecular flexibility index (Phi) is 4.45. The number of aliphatic hydroxyl groups excluding tert-OH is 1. The normalized spacial score (nSPS) is 32.0. The van der Waals surface area contributed by atoms with Crippen molar-refractivity contribution in [2.24, 2.45) is 11.8 Å². The van der Waals surface area contributed by atoms with Gasteiger partial charge in [-0.1, -0.05) is 30.3 Å². The molecule has 0 bridgehead atoms. The first-order chi connectivity index (χ1) is 10.6. The van der Waals surface area contributed by atoms with Gasteiger partial charge >= 0.3 is 5.97 Å². The van der Waals surface area contributed by atoms with Crippen molar-refractivity contribution >= 4 is 5.97 Å². The summed E-state index contributed by atoms with van der Waals surface area (Å²) in [5, 5.41) is 19.0. The molecule has 5 heteroatoms. The van der Waals surface area contributed by atoms with Crippen LogP contribution in [-0.2, 0) is 20.9 Å². The van der Waals surface area contributed by atoms with Gasteiger partial charge in [0.15, 0.2) is 0 Å². The molecule has 0 aromatic heterocycles. The van der Waals surface area contributed by atoms with Gasteiger partial charge in [0.1, 0.15) is 11.9 Å². The van der Waals surface area contributed by atoms with Crippen LogP contribution in [0.3, 0.4) is 0 Å². The van der Waals surface area contributed by atoms with Crippen molar-refractivity contribution in [3.8, 4) is 0 Å². The maximum absolute atomic E-state index is 10.7. The molecule has 2 aliphatic rings. The minimum atomic E-state index is -0.993. The van der Waals surface area contributed by atoms with Crippen LogP contribution in [0.4, 0.5) is 0 Å². The number of aliphatic hydroxyl groups is 1. The molecule has 0 amide bonds. The predicted octanol–water partition coefficient (Wildman–Crippen LogP) is 1.96. The monoisotopic (exact) mass is 304 g/mol. The zero-order valence-corrected chi connectivity index (χ0v) is 12.2. The molecule has 2 N–H and O–H groups in total. The lowest BCUT2D eigenvalue weighted by Crippen LogP contribution is -2.24. The molecule has 0 spiro atoms. The summed E-state index contributed by atoms with van der Waals surface area (Å²) in [5.74, 6) is -0.361. The predicted molar refractivity (Wildman–Crippen MR) is 78.9 cm³/mol. The lowest BCUT2D eigenvalue weighted by atomic mass is 9.92. The number of ether oxygens (including phenoxy) is 2. The third-order valence-electron chi connectivity index (χ3n) is 4.44. The van der Waals surface area contributed by atoms with E-state index in [-0.39, 0.29) is 17.9 Å². The summed E-state index contributed by atoms with van der Waals surface area (Å²) in [7, 11) is 0. The molecule has 0 radical (unpaired) electrons. The summed E-state index contributed by atoms with van der Waals surface area (Å²) in [6.07, 6.45) is 1.68. The van der Waals surface area contributed by atoms with Gasteiger partial charge in [-0.3, -0.25) is 0 Å². The molecule has 1 aliphatic heterocycles.